The Balaban J connectivity index is 2.11. The topological polar surface area (TPSA) is 54.0 Å². The van der Waals surface area contributed by atoms with E-state index in [1.165, 1.54) is 11.8 Å². The van der Waals surface area contributed by atoms with Crippen LogP contribution in [0.25, 0.3) is 0 Å². The summed E-state index contributed by atoms with van der Waals surface area (Å²) in [4.78, 5) is 12.8. The molecule has 0 aromatic heterocycles. The summed E-state index contributed by atoms with van der Waals surface area (Å²) in [6.45, 7) is 12.0. The van der Waals surface area contributed by atoms with Gasteiger partial charge in [0.25, 0.3) is 0 Å². The highest BCUT2D eigenvalue weighted by molar-refractivity contribution is 8.00. The van der Waals surface area contributed by atoms with Crippen molar-refractivity contribution in [1.82, 2.24) is 0 Å². The Bertz CT molecular complexity index is 695. The summed E-state index contributed by atoms with van der Waals surface area (Å²) in [6.07, 6.45) is 0.734. The highest BCUT2D eigenvalue weighted by Gasteiger charge is 2.44. The van der Waals surface area contributed by atoms with E-state index < -0.39 is 5.79 Å². The fourth-order valence-electron chi connectivity index (χ4n) is 3.32. The van der Waals surface area contributed by atoms with E-state index in [-0.39, 0.29) is 22.6 Å². The van der Waals surface area contributed by atoms with Crippen LogP contribution < -0.4 is 14.2 Å². The van der Waals surface area contributed by atoms with Crippen LogP contribution in [-0.4, -0.2) is 29.7 Å². The SMILES string of the molecule is CCOC(=O)CSc1c2c(c(C(C)S)c3c1OC(C)(C)O3)OC(C)(C)C2. The van der Waals surface area contributed by atoms with E-state index in [4.69, 9.17) is 18.9 Å². The maximum Gasteiger partial charge on any atom is 0.316 e. The number of ether oxygens (including phenoxy) is 4. The van der Waals surface area contributed by atoms with Gasteiger partial charge in [0.15, 0.2) is 11.5 Å². The fraction of sp³-hybridized carbons (Fsp3) is 0.632. The first-order valence-corrected chi connectivity index (χ1v) is 10.3. The van der Waals surface area contributed by atoms with Gasteiger partial charge in [-0.25, -0.2) is 0 Å². The molecule has 144 valence electrons. The van der Waals surface area contributed by atoms with Crippen molar-refractivity contribution >= 4 is 30.4 Å². The fourth-order valence-corrected chi connectivity index (χ4v) is 4.50. The first-order chi connectivity index (χ1) is 12.0. The standard InChI is InChI=1S/C19H26O5S2/c1-7-21-12(20)9-26-17-11-8-18(3,4)22-14(11)13(10(2)25)15-16(17)24-19(5,6)23-15/h10,25H,7-9H2,1-6H3. The predicted octanol–water partition coefficient (Wildman–Crippen LogP) is 4.55. The van der Waals surface area contributed by atoms with Crippen molar-refractivity contribution in [3.63, 3.8) is 0 Å². The zero-order valence-electron chi connectivity index (χ0n) is 16.1. The minimum atomic E-state index is -0.774. The first-order valence-electron chi connectivity index (χ1n) is 8.81. The van der Waals surface area contributed by atoms with Gasteiger partial charge in [-0.2, -0.15) is 12.6 Å². The Morgan fingerprint density at radius 2 is 1.85 bits per heavy atom. The van der Waals surface area contributed by atoms with E-state index >= 15 is 0 Å². The van der Waals surface area contributed by atoms with E-state index in [1.54, 1.807) is 6.92 Å². The number of thiol groups is 1. The molecule has 0 fully saturated rings. The lowest BCUT2D eigenvalue weighted by atomic mass is 9.98. The molecule has 2 aliphatic rings. The van der Waals surface area contributed by atoms with Gasteiger partial charge in [-0.3, -0.25) is 4.79 Å². The molecule has 0 bridgehead atoms. The van der Waals surface area contributed by atoms with Gasteiger partial charge in [-0.15, -0.1) is 11.8 Å². The molecule has 2 aliphatic heterocycles. The van der Waals surface area contributed by atoms with Crippen LogP contribution in [0, 0.1) is 0 Å². The van der Waals surface area contributed by atoms with E-state index in [1.807, 2.05) is 20.8 Å². The molecule has 3 rings (SSSR count). The van der Waals surface area contributed by atoms with E-state index in [0.717, 1.165) is 28.2 Å². The lowest BCUT2D eigenvalue weighted by Crippen LogP contribution is -2.30. The summed E-state index contributed by atoms with van der Waals surface area (Å²) in [6, 6.07) is 0. The average Bonchev–Trinajstić information content (AvgIpc) is 2.97. The van der Waals surface area contributed by atoms with Crippen molar-refractivity contribution in [3.8, 4) is 17.2 Å². The van der Waals surface area contributed by atoms with Gasteiger partial charge in [-0.05, 0) is 27.7 Å². The largest absolute Gasteiger partial charge is 0.487 e. The molecule has 7 heteroatoms. The zero-order valence-corrected chi connectivity index (χ0v) is 17.8. The van der Waals surface area contributed by atoms with Crippen LogP contribution in [0.15, 0.2) is 4.90 Å². The minimum Gasteiger partial charge on any atom is -0.487 e. The summed E-state index contributed by atoms with van der Waals surface area (Å²) in [7, 11) is 0. The van der Waals surface area contributed by atoms with Crippen LogP contribution in [0.2, 0.25) is 0 Å². The molecule has 0 saturated carbocycles. The quantitative estimate of drug-likeness (QED) is 0.446. The van der Waals surface area contributed by atoms with Crippen LogP contribution in [0.1, 0.15) is 57.9 Å². The van der Waals surface area contributed by atoms with Gasteiger partial charge in [-0.1, -0.05) is 0 Å². The van der Waals surface area contributed by atoms with Crippen LogP contribution in [0.3, 0.4) is 0 Å². The molecule has 1 aromatic carbocycles. The van der Waals surface area contributed by atoms with Crippen molar-refractivity contribution in [1.29, 1.82) is 0 Å². The van der Waals surface area contributed by atoms with Gasteiger partial charge in [0, 0.05) is 31.1 Å². The monoisotopic (exact) mass is 398 g/mol. The molecule has 1 unspecified atom stereocenters. The summed E-state index contributed by atoms with van der Waals surface area (Å²) < 4.78 is 23.5. The number of fused-ring (bicyclic) bond motifs is 2. The van der Waals surface area contributed by atoms with Gasteiger partial charge in [0.2, 0.25) is 5.79 Å². The Hall–Kier alpha value is -1.21. The second-order valence-corrected chi connectivity index (χ2v) is 9.38. The maximum absolute atomic E-state index is 11.9. The third kappa shape index (κ3) is 3.60. The van der Waals surface area contributed by atoms with E-state index in [2.05, 4.69) is 26.5 Å². The molecule has 0 saturated heterocycles. The number of hydrogen-bond acceptors (Lipinski definition) is 7. The minimum absolute atomic E-state index is 0.0759. The van der Waals surface area contributed by atoms with Crippen molar-refractivity contribution in [2.45, 2.75) is 69.5 Å². The van der Waals surface area contributed by atoms with Gasteiger partial charge in [0.1, 0.15) is 11.4 Å². The number of rotatable bonds is 5. The number of carbonyl (C=O) groups is 1. The van der Waals surface area contributed by atoms with Crippen LogP contribution in [0.5, 0.6) is 17.2 Å². The molecule has 0 amide bonds. The highest BCUT2D eigenvalue weighted by Crippen LogP contribution is 2.58. The number of hydrogen-bond donors (Lipinski definition) is 1. The highest BCUT2D eigenvalue weighted by atomic mass is 32.2. The van der Waals surface area contributed by atoms with Crippen molar-refractivity contribution < 1.29 is 23.7 Å². The summed E-state index contributed by atoms with van der Waals surface area (Å²) in [5.74, 6) is 1.35. The molecule has 0 N–H and O–H groups in total. The third-order valence-electron chi connectivity index (χ3n) is 4.18. The summed E-state index contributed by atoms with van der Waals surface area (Å²) >= 11 is 6.07. The molecule has 0 aliphatic carbocycles. The maximum atomic E-state index is 11.9. The summed E-state index contributed by atoms with van der Waals surface area (Å²) in [5, 5.41) is -0.0759. The zero-order chi connectivity index (χ0) is 19.3. The molecule has 0 radical (unpaired) electrons. The van der Waals surface area contributed by atoms with Gasteiger partial charge >= 0.3 is 5.97 Å². The number of benzene rings is 1. The number of carbonyl (C=O) groups excluding carboxylic acids is 1. The second kappa shape index (κ2) is 6.75. The summed E-state index contributed by atoms with van der Waals surface area (Å²) in [5.41, 5.74) is 1.64. The van der Waals surface area contributed by atoms with Crippen LogP contribution >= 0.6 is 24.4 Å². The van der Waals surface area contributed by atoms with Crippen LogP contribution in [0.4, 0.5) is 0 Å². The molecule has 1 atom stereocenters. The number of esters is 1. The second-order valence-electron chi connectivity index (χ2n) is 7.62. The van der Waals surface area contributed by atoms with E-state index in [0.29, 0.717) is 18.1 Å². The molecule has 2 heterocycles. The smallest absolute Gasteiger partial charge is 0.316 e. The third-order valence-corrected chi connectivity index (χ3v) is 5.54. The molecular weight excluding hydrogens is 372 g/mol. The van der Waals surface area contributed by atoms with Gasteiger partial charge < -0.3 is 18.9 Å². The molecular formula is C19H26O5S2. The first kappa shape index (κ1) is 19.5. The van der Waals surface area contributed by atoms with Crippen molar-refractivity contribution in [2.24, 2.45) is 0 Å². The molecule has 26 heavy (non-hydrogen) atoms. The molecule has 1 aromatic rings. The molecule has 0 spiro atoms. The Morgan fingerprint density at radius 3 is 2.46 bits per heavy atom. The average molecular weight is 399 g/mol. The van der Waals surface area contributed by atoms with Crippen LogP contribution in [-0.2, 0) is 16.0 Å². The Kier molecular flexibility index (Phi) is 5.07. The lowest BCUT2D eigenvalue weighted by Gasteiger charge is -2.20. The normalized spacial score (nSPS) is 19.7. The Labute approximate surface area is 164 Å². The van der Waals surface area contributed by atoms with Crippen molar-refractivity contribution in [2.75, 3.05) is 12.4 Å². The Morgan fingerprint density at radius 1 is 1.19 bits per heavy atom. The molecule has 5 nitrogen and oxygen atoms in total. The van der Waals surface area contributed by atoms with Gasteiger partial charge in [0.05, 0.1) is 22.8 Å². The lowest BCUT2D eigenvalue weighted by molar-refractivity contribution is -0.139. The number of thioether (sulfide) groups is 1. The predicted molar refractivity (Wildman–Crippen MR) is 105 cm³/mol. The van der Waals surface area contributed by atoms with Crippen molar-refractivity contribution in [3.05, 3.63) is 11.1 Å². The van der Waals surface area contributed by atoms with E-state index in [9.17, 15) is 4.79 Å².